The predicted molar refractivity (Wildman–Crippen MR) is 145 cm³/mol. The monoisotopic (exact) mass is 640 g/mol. The maximum absolute atomic E-state index is 4.80. The second-order valence-electron chi connectivity index (χ2n) is 8.97. The third-order valence-corrected chi connectivity index (χ3v) is 6.15. The minimum atomic E-state index is 0. The Bertz CT molecular complexity index is 1360. The first-order chi connectivity index (χ1) is 16.5. The fourth-order valence-electron chi connectivity index (χ4n) is 4.60. The van der Waals surface area contributed by atoms with Crippen LogP contribution in [0.1, 0.15) is 22.3 Å². The molecule has 1 radical (unpaired) electrons. The summed E-state index contributed by atoms with van der Waals surface area (Å²) >= 11 is 0. The van der Waals surface area contributed by atoms with Crippen LogP contribution in [0.2, 0.25) is 0 Å². The molecule has 4 aromatic carbocycles. The van der Waals surface area contributed by atoms with Gasteiger partial charge in [0.2, 0.25) is 0 Å². The third-order valence-electron chi connectivity index (χ3n) is 6.15. The molecule has 0 unspecified atom stereocenters. The molecule has 1 aliphatic rings. The van der Waals surface area contributed by atoms with Gasteiger partial charge in [0.05, 0.1) is 0 Å². The zero-order valence-corrected chi connectivity index (χ0v) is 22.6. The molecule has 0 N–H and O–H groups in total. The summed E-state index contributed by atoms with van der Waals surface area (Å²) in [6, 6.07) is 29.5. The van der Waals surface area contributed by atoms with Crippen molar-refractivity contribution in [3.05, 3.63) is 126 Å². The van der Waals surface area contributed by atoms with Gasteiger partial charge in [-0.25, -0.2) is 0 Å². The van der Waals surface area contributed by atoms with Crippen LogP contribution in [0, 0.1) is 34.4 Å². The first-order valence-electron chi connectivity index (χ1n) is 11.6. The quantitative estimate of drug-likeness (QED) is 0.145. The average molecular weight is 641 g/mol. The van der Waals surface area contributed by atoms with Crippen molar-refractivity contribution in [2.75, 3.05) is 9.80 Å². The number of benzene rings is 4. The zero-order chi connectivity index (χ0) is 23.7. The van der Waals surface area contributed by atoms with Crippen molar-refractivity contribution < 1.29 is 22.4 Å². The van der Waals surface area contributed by atoms with E-state index < -0.39 is 0 Å². The summed E-state index contributed by atoms with van der Waals surface area (Å²) in [5.74, 6) is 0. The van der Waals surface area contributed by atoms with E-state index in [0.717, 1.165) is 11.0 Å². The minimum Gasteiger partial charge on any atom is -0.656 e. The molecule has 0 aliphatic carbocycles. The second-order valence-corrected chi connectivity index (χ2v) is 8.97. The van der Waals surface area contributed by atoms with Crippen molar-refractivity contribution in [2.45, 2.75) is 27.7 Å². The molecule has 0 atom stereocenters. The molecule has 0 saturated heterocycles. The van der Waals surface area contributed by atoms with Crippen LogP contribution < -0.4 is 14.8 Å². The van der Waals surface area contributed by atoms with Crippen LogP contribution in [-0.4, -0.2) is 0 Å². The Hall–Kier alpha value is -3.24. The fraction of sp³-hybridized carbons (Fsp3) is 0.129. The van der Waals surface area contributed by atoms with Gasteiger partial charge in [-0.1, -0.05) is 82.9 Å². The molecular weight excluding hydrogens is 611 g/mol. The molecule has 4 heteroatoms. The number of hydrogen-bond acceptors (Lipinski definition) is 2. The van der Waals surface area contributed by atoms with Gasteiger partial charge in [-0.15, -0.1) is 17.7 Å². The number of aromatic nitrogens is 1. The van der Waals surface area contributed by atoms with E-state index in [1.165, 1.54) is 44.4 Å². The Labute approximate surface area is 223 Å². The summed E-state index contributed by atoms with van der Waals surface area (Å²) < 4.78 is 0. The number of aryl methyl sites for hydroxylation is 4. The van der Waals surface area contributed by atoms with Crippen LogP contribution in [0.4, 0.5) is 11.4 Å². The Morgan fingerprint density at radius 1 is 0.571 bits per heavy atom. The van der Waals surface area contributed by atoms with E-state index in [2.05, 4.69) is 105 Å². The molecular formula is C31H29AuN3-2. The van der Waals surface area contributed by atoms with E-state index in [1.54, 1.807) is 0 Å². The molecule has 0 amide bonds. The Morgan fingerprint density at radius 3 is 1.37 bits per heavy atom. The summed E-state index contributed by atoms with van der Waals surface area (Å²) in [7, 11) is 0. The van der Waals surface area contributed by atoms with E-state index in [4.69, 9.17) is 4.98 Å². The van der Waals surface area contributed by atoms with Crippen molar-refractivity contribution in [3.63, 3.8) is 0 Å². The Balaban J connectivity index is 0.000000160. The summed E-state index contributed by atoms with van der Waals surface area (Å²) in [5, 5.41) is 2.59. The molecule has 0 saturated carbocycles. The smallest absolute Gasteiger partial charge is 0.0124 e. The number of para-hydroxylation sites is 2. The molecule has 5 aromatic rings. The second kappa shape index (κ2) is 10.6. The molecule has 6 rings (SSSR count). The number of rotatable bonds is 2. The molecule has 1 aromatic heterocycles. The first-order valence-corrected chi connectivity index (χ1v) is 11.6. The van der Waals surface area contributed by atoms with Crippen LogP contribution in [0.5, 0.6) is 0 Å². The van der Waals surface area contributed by atoms with Gasteiger partial charge < -0.3 is 14.8 Å². The Kier molecular flexibility index (Phi) is 7.51. The summed E-state index contributed by atoms with van der Waals surface area (Å²) in [4.78, 5) is 9.00. The van der Waals surface area contributed by atoms with Gasteiger partial charge in [0.1, 0.15) is 0 Å². The average Bonchev–Trinajstić information content (AvgIpc) is 3.47. The molecule has 3 nitrogen and oxygen atoms in total. The van der Waals surface area contributed by atoms with E-state index >= 15 is 0 Å². The number of anilines is 2. The topological polar surface area (TPSA) is 20.6 Å². The van der Waals surface area contributed by atoms with Crippen LogP contribution >= 0.6 is 0 Å². The standard InChI is InChI=1S/C16H16N.C15H13N2.Au/c1-9-5-11(3)15-13(7-9)14-8-10(2)6-12(4)16(14)17-15;1-3-7-14(8-4-1)16-11-12-17(13-16)15-9-5-2-6-10-15;/h5-8H,1-4H3;1-13H;/q2*-1;. The minimum absolute atomic E-state index is 0. The number of nitrogens with zero attached hydrogens (tertiary/aromatic N) is 3. The zero-order valence-electron chi connectivity index (χ0n) is 20.5. The molecule has 181 valence electrons. The Morgan fingerprint density at radius 2 is 0.971 bits per heavy atom. The number of hydrogen-bond donors (Lipinski definition) is 0. The van der Waals surface area contributed by atoms with Crippen molar-refractivity contribution in [2.24, 2.45) is 0 Å². The van der Waals surface area contributed by atoms with Gasteiger partial charge in [0.15, 0.2) is 0 Å². The van der Waals surface area contributed by atoms with Crippen molar-refractivity contribution in [3.8, 4) is 0 Å². The van der Waals surface area contributed by atoms with Gasteiger partial charge >= 0.3 is 0 Å². The maximum Gasteiger partial charge on any atom is 0.0124 e. The van der Waals surface area contributed by atoms with Gasteiger partial charge in [-0.05, 0) is 75.1 Å². The maximum atomic E-state index is 4.80. The van der Waals surface area contributed by atoms with Crippen LogP contribution in [-0.2, 0) is 22.4 Å². The summed E-state index contributed by atoms with van der Waals surface area (Å²) in [6.07, 6.45) is 4.12. The molecule has 0 bridgehead atoms. The molecule has 1 aliphatic heterocycles. The molecule has 0 spiro atoms. The van der Waals surface area contributed by atoms with Crippen molar-refractivity contribution >= 4 is 33.2 Å². The van der Waals surface area contributed by atoms with Crippen molar-refractivity contribution in [1.82, 2.24) is 4.98 Å². The summed E-state index contributed by atoms with van der Waals surface area (Å²) in [6.45, 7) is 10.7. The molecule has 2 heterocycles. The van der Waals surface area contributed by atoms with Crippen LogP contribution in [0.25, 0.3) is 21.8 Å². The van der Waals surface area contributed by atoms with E-state index in [-0.39, 0.29) is 22.4 Å². The normalized spacial score (nSPS) is 12.6. The van der Waals surface area contributed by atoms with Crippen LogP contribution in [0.15, 0.2) is 97.3 Å². The van der Waals surface area contributed by atoms with Gasteiger partial charge in [0.25, 0.3) is 0 Å². The number of fused-ring (bicyclic) bond motifs is 3. The molecule has 0 fully saturated rings. The summed E-state index contributed by atoms with van der Waals surface area (Å²) in [5.41, 5.74) is 9.80. The third kappa shape index (κ3) is 5.23. The van der Waals surface area contributed by atoms with E-state index in [1.807, 2.05) is 36.4 Å². The van der Waals surface area contributed by atoms with Crippen LogP contribution in [0.3, 0.4) is 0 Å². The van der Waals surface area contributed by atoms with Crippen molar-refractivity contribution in [1.29, 1.82) is 0 Å². The van der Waals surface area contributed by atoms with E-state index in [0.29, 0.717) is 0 Å². The SMILES string of the molecule is C1=CN(c2ccccc2)[CH-]N1c1ccccc1.Cc1cc(C)c2[n-]c3c(C)cc(C)cc3c2c1.[Au]. The largest absolute Gasteiger partial charge is 0.656 e. The van der Waals surface area contributed by atoms with Gasteiger partial charge in [-0.3, -0.25) is 0 Å². The predicted octanol–water partition coefficient (Wildman–Crippen LogP) is 7.79. The fourth-order valence-corrected chi connectivity index (χ4v) is 4.60. The van der Waals surface area contributed by atoms with E-state index in [9.17, 15) is 0 Å². The first kappa shape index (κ1) is 24.9. The van der Waals surface area contributed by atoms with Gasteiger partial charge in [-0.2, -0.15) is 0 Å². The molecule has 35 heavy (non-hydrogen) atoms. The van der Waals surface area contributed by atoms with Gasteiger partial charge in [0, 0.05) is 33.8 Å².